The maximum atomic E-state index is 13.9. The number of hydrogen-bond donors (Lipinski definition) is 11. The number of aliphatic hydroxyl groups excluding tert-OH is 1. The molecule has 3 atom stereocenters. The third kappa shape index (κ3) is 18.1. The number of thioether (sulfide) groups is 1. The maximum absolute atomic E-state index is 13.9. The van der Waals surface area contributed by atoms with Crippen molar-refractivity contribution >= 4 is 76.3 Å². The van der Waals surface area contributed by atoms with Crippen molar-refractivity contribution in [1.82, 2.24) is 61.8 Å². The molecule has 470 valence electrons. The molecule has 88 heavy (non-hydrogen) atoms. The van der Waals surface area contributed by atoms with Crippen LogP contribution in [0.15, 0.2) is 84.0 Å². The van der Waals surface area contributed by atoms with Crippen molar-refractivity contribution in [3.05, 3.63) is 102 Å². The average Bonchev–Trinajstić information content (AvgIpc) is 1.58. The predicted molar refractivity (Wildman–Crippen MR) is 327 cm³/mol. The zero-order chi connectivity index (χ0) is 62.5. The van der Waals surface area contributed by atoms with E-state index in [4.69, 9.17) is 26.7 Å². The number of para-hydroxylation sites is 1. The minimum atomic E-state index is -1.95. The van der Waals surface area contributed by atoms with E-state index in [2.05, 4.69) is 57.2 Å². The summed E-state index contributed by atoms with van der Waals surface area (Å²) in [7, 11) is 1.83. The lowest BCUT2D eigenvalue weighted by atomic mass is 9.95. The molecule has 7 amide bonds. The summed E-state index contributed by atoms with van der Waals surface area (Å²) < 4.78 is 13.0. The first-order valence-electron chi connectivity index (χ1n) is 29.0. The van der Waals surface area contributed by atoms with Crippen molar-refractivity contribution in [3.63, 3.8) is 0 Å². The summed E-state index contributed by atoms with van der Waals surface area (Å²) in [5, 5.41) is 45.4. The first kappa shape index (κ1) is 65.5. The Balaban J connectivity index is 0.640. The van der Waals surface area contributed by atoms with Crippen molar-refractivity contribution in [3.8, 4) is 22.5 Å². The second-order valence-electron chi connectivity index (χ2n) is 20.8. The average molecular weight is 1230 g/mol. The number of guanidine groups is 1. The number of likely N-dealkylation sites (tertiary alicyclic amines) is 1. The Hall–Kier alpha value is -8.49. The Bertz CT molecular complexity index is 3280. The third-order valence-electron chi connectivity index (χ3n) is 14.5. The molecule has 5 heterocycles. The Morgan fingerprint density at radius 3 is 2.33 bits per heavy atom. The predicted octanol–water partition coefficient (Wildman–Crippen LogP) is -0.758. The molecular formula is C58H76N18O11S. The van der Waals surface area contributed by atoms with Crippen LogP contribution in [-0.2, 0) is 57.9 Å². The number of nitrogens with zero attached hydrogens (tertiary/aromatic N) is 9. The largest absolute Gasteiger partial charge is 0.379 e. The number of carbonyl (C=O) groups is 7. The Kier molecular flexibility index (Phi) is 24.2. The number of fused-ring (bicyclic) bond motifs is 6. The fraction of sp³-hybridized carbons (Fsp3) is 0.448. The summed E-state index contributed by atoms with van der Waals surface area (Å²) in [5.74, 6) is -1.82. The first-order chi connectivity index (χ1) is 42.6. The molecule has 29 nitrogen and oxygen atoms in total. The zero-order valence-electron chi connectivity index (χ0n) is 48.9. The molecule has 0 aliphatic carbocycles. The maximum Gasteiger partial charge on any atom is 0.251 e. The van der Waals surface area contributed by atoms with E-state index in [9.17, 15) is 43.8 Å². The van der Waals surface area contributed by atoms with Crippen LogP contribution in [0.25, 0.3) is 22.5 Å². The second kappa shape index (κ2) is 32.5. The fourth-order valence-corrected chi connectivity index (χ4v) is 10.9. The first-order valence-corrected chi connectivity index (χ1v) is 30.1. The van der Waals surface area contributed by atoms with Gasteiger partial charge in [-0.05, 0) is 42.3 Å². The van der Waals surface area contributed by atoms with E-state index >= 15 is 0 Å². The fourth-order valence-electron chi connectivity index (χ4n) is 9.90. The summed E-state index contributed by atoms with van der Waals surface area (Å²) in [4.78, 5) is 108. The molecule has 2 aromatic heterocycles. The number of rotatable bonds is 33. The Morgan fingerprint density at radius 2 is 1.55 bits per heavy atom. The SMILES string of the molecule is CN(Cc1cnc2c(n1)C(N)NC(N)=N2)c1ccc(C(=O)N[C@@H](CCC(=O)NCCSC2CC(=O)N(CCC(=O)NCCOCCOCCC(=O)NCCC(=O)N3Cc4ccccc4-c4c(nnn4CCNCCN)-c4ccccc43)C2=O)C(O)O)cc1. The van der Waals surface area contributed by atoms with Crippen LogP contribution in [0, 0.1) is 0 Å². The number of imide groups is 1. The van der Waals surface area contributed by atoms with E-state index < -0.39 is 47.4 Å². The van der Waals surface area contributed by atoms with Gasteiger partial charge in [0.25, 0.3) is 5.91 Å². The van der Waals surface area contributed by atoms with Crippen molar-refractivity contribution < 1.29 is 53.2 Å². The van der Waals surface area contributed by atoms with Gasteiger partial charge < -0.3 is 78.6 Å². The van der Waals surface area contributed by atoms with Crippen LogP contribution >= 0.6 is 11.8 Å². The lowest BCUT2D eigenvalue weighted by Crippen LogP contribution is -2.44. The normalized spacial score (nSPS) is 15.4. The number of nitrogens with one attached hydrogen (secondary N) is 6. The molecule has 1 fully saturated rings. The summed E-state index contributed by atoms with van der Waals surface area (Å²) in [6.45, 7) is 4.25. The highest BCUT2D eigenvalue weighted by Crippen LogP contribution is 2.41. The van der Waals surface area contributed by atoms with Gasteiger partial charge in [0, 0.05) is 113 Å². The number of benzene rings is 3. The molecule has 30 heteroatoms. The molecule has 0 spiro atoms. The van der Waals surface area contributed by atoms with Crippen LogP contribution < -0.4 is 58.9 Å². The molecular weight excluding hydrogens is 1160 g/mol. The van der Waals surface area contributed by atoms with Crippen molar-refractivity contribution in [2.75, 3.05) is 94.8 Å². The van der Waals surface area contributed by atoms with Gasteiger partial charge in [0.05, 0.1) is 80.6 Å². The molecule has 2 unspecified atom stereocenters. The highest BCUT2D eigenvalue weighted by Gasteiger charge is 2.39. The molecule has 0 bridgehead atoms. The van der Waals surface area contributed by atoms with Crippen LogP contribution in [0.5, 0.6) is 0 Å². The molecule has 0 saturated carbocycles. The summed E-state index contributed by atoms with van der Waals surface area (Å²) >= 11 is 1.20. The number of aliphatic imine (C=N–C) groups is 1. The topological polar surface area (TPSA) is 407 Å². The van der Waals surface area contributed by atoms with Gasteiger partial charge >= 0.3 is 0 Å². The molecule has 3 aromatic carbocycles. The highest BCUT2D eigenvalue weighted by molar-refractivity contribution is 8.00. The zero-order valence-corrected chi connectivity index (χ0v) is 49.7. The van der Waals surface area contributed by atoms with Gasteiger partial charge in [-0.25, -0.2) is 14.6 Å². The number of aliphatic hydroxyl groups is 2. The van der Waals surface area contributed by atoms with Gasteiger partial charge in [0.15, 0.2) is 18.1 Å². The van der Waals surface area contributed by atoms with E-state index in [-0.39, 0.29) is 120 Å². The molecule has 14 N–H and O–H groups in total. The van der Waals surface area contributed by atoms with Crippen LogP contribution in [0.4, 0.5) is 17.2 Å². The monoisotopic (exact) mass is 1230 g/mol. The van der Waals surface area contributed by atoms with Gasteiger partial charge in [-0.2, -0.15) is 4.99 Å². The van der Waals surface area contributed by atoms with Crippen molar-refractivity contribution in [1.29, 1.82) is 0 Å². The van der Waals surface area contributed by atoms with Crippen molar-refractivity contribution in [2.45, 2.75) is 81.9 Å². The summed E-state index contributed by atoms with van der Waals surface area (Å²) in [6.07, 6.45) is -1.25. The Labute approximate surface area is 512 Å². The van der Waals surface area contributed by atoms with Gasteiger partial charge in [0.2, 0.25) is 35.4 Å². The van der Waals surface area contributed by atoms with Gasteiger partial charge in [0.1, 0.15) is 17.6 Å². The number of anilines is 2. The highest BCUT2D eigenvalue weighted by atomic mass is 32.2. The lowest BCUT2D eigenvalue weighted by molar-refractivity contribution is -0.138. The minimum absolute atomic E-state index is 0.0457. The van der Waals surface area contributed by atoms with E-state index in [0.717, 1.165) is 33.0 Å². The molecule has 1 saturated heterocycles. The standard InChI is InChI=1S/C58H76N18O11S/c1-73(35-38-33-66-54-51(67-38)53(60)69-58(61)70-54)39-12-10-36(11-13-39)55(82)68-42(57(84)85)14-15-45(77)65-24-31-88-44-32-49(81)74(56(44)83)25-17-46(78)64-23-28-87-30-29-86-27-18-47(79)63-20-16-48(80)75-34-37-6-2-3-7-40(37)52-50(41-8-4-5-9-43(41)75)71-72-76(52)26-22-62-21-19-59/h2-13,33,42,44,53,57,62,84-85H,14-32,34-35,59-60H2,1H3,(H,63,79)(H,64,78)(H,65,77)(H,68,82)(H3,61,66,69,70)/t42-,44?,53?/m0/s1. The van der Waals surface area contributed by atoms with Gasteiger partial charge in [-0.1, -0.05) is 47.7 Å². The summed E-state index contributed by atoms with van der Waals surface area (Å²) in [5.41, 5.74) is 24.5. The number of carbonyl (C=O) groups excluding carboxylic acids is 7. The third-order valence-corrected chi connectivity index (χ3v) is 15.7. The number of hydrogen-bond acceptors (Lipinski definition) is 23. The smallest absolute Gasteiger partial charge is 0.251 e. The van der Waals surface area contributed by atoms with E-state index in [1.165, 1.54) is 11.8 Å². The summed E-state index contributed by atoms with van der Waals surface area (Å²) in [6, 6.07) is 21.0. The minimum Gasteiger partial charge on any atom is -0.379 e. The lowest BCUT2D eigenvalue weighted by Gasteiger charge is -2.28. The second-order valence-corrected chi connectivity index (χ2v) is 22.1. The van der Waals surface area contributed by atoms with Gasteiger partial charge in [-0.15, -0.1) is 16.9 Å². The quantitative estimate of drug-likeness (QED) is 0.0140. The number of amides is 7. The molecule has 3 aliphatic rings. The molecule has 5 aromatic rings. The van der Waals surface area contributed by atoms with Crippen molar-refractivity contribution in [2.24, 2.45) is 22.2 Å². The molecule has 8 rings (SSSR count). The van der Waals surface area contributed by atoms with Crippen LogP contribution in [0.1, 0.15) is 72.0 Å². The van der Waals surface area contributed by atoms with E-state index in [0.29, 0.717) is 73.6 Å². The van der Waals surface area contributed by atoms with E-state index in [1.54, 1.807) is 35.4 Å². The van der Waals surface area contributed by atoms with Gasteiger partial charge in [-0.3, -0.25) is 38.5 Å². The number of nitrogens with two attached hydrogens (primary N) is 3. The van der Waals surface area contributed by atoms with E-state index in [1.807, 2.05) is 65.2 Å². The number of aromatic nitrogens is 5. The molecule has 3 aliphatic heterocycles. The van der Waals surface area contributed by atoms with Crippen LogP contribution in [0.2, 0.25) is 0 Å². The molecule has 0 radical (unpaired) electrons. The van der Waals surface area contributed by atoms with Crippen LogP contribution in [0.3, 0.4) is 0 Å². The van der Waals surface area contributed by atoms with Crippen LogP contribution in [-0.4, -0.2) is 190 Å². The number of ether oxygens (including phenoxy) is 2. The Morgan fingerprint density at radius 1 is 0.830 bits per heavy atom.